The van der Waals surface area contributed by atoms with Gasteiger partial charge in [-0.1, -0.05) is 25.1 Å². The van der Waals surface area contributed by atoms with Crippen molar-refractivity contribution in [2.45, 2.75) is 49.4 Å². The molecule has 7 heteroatoms. The molecule has 0 radical (unpaired) electrons. The van der Waals surface area contributed by atoms with E-state index in [0.29, 0.717) is 12.4 Å². The van der Waals surface area contributed by atoms with Gasteiger partial charge in [0.05, 0.1) is 13.7 Å². The molecule has 2 aromatic rings. The van der Waals surface area contributed by atoms with Crippen LogP contribution in [0, 0.1) is 5.92 Å². The monoisotopic (exact) mass is 459 g/mol. The SMILES string of the molecule is COc1cccc2c1O[C@@H](c1ccc(OCCCN3CCC[C@H](C)C3)cc1)[C@H](C)S2(=O)=O. The minimum atomic E-state index is -3.53. The summed E-state index contributed by atoms with van der Waals surface area (Å²) in [6.45, 7) is 8.12. The third-order valence-corrected chi connectivity index (χ3v) is 8.63. The summed E-state index contributed by atoms with van der Waals surface area (Å²) in [6.07, 6.45) is 3.00. The van der Waals surface area contributed by atoms with E-state index < -0.39 is 21.2 Å². The lowest BCUT2D eigenvalue weighted by molar-refractivity contribution is 0.170. The van der Waals surface area contributed by atoms with Crippen LogP contribution in [0.1, 0.15) is 44.8 Å². The molecular formula is C25H33NO5S. The van der Waals surface area contributed by atoms with Gasteiger partial charge in [-0.15, -0.1) is 0 Å². The second kappa shape index (κ2) is 9.71. The van der Waals surface area contributed by atoms with Crippen molar-refractivity contribution in [3.8, 4) is 17.2 Å². The molecule has 4 rings (SSSR count). The first kappa shape index (κ1) is 22.9. The highest BCUT2D eigenvalue weighted by Crippen LogP contribution is 2.45. The summed E-state index contributed by atoms with van der Waals surface area (Å²) in [4.78, 5) is 2.71. The Morgan fingerprint density at radius 2 is 1.91 bits per heavy atom. The molecule has 1 fully saturated rings. The fraction of sp³-hybridized carbons (Fsp3) is 0.520. The third kappa shape index (κ3) is 4.74. The van der Waals surface area contributed by atoms with Crippen molar-refractivity contribution >= 4 is 9.84 Å². The molecular weight excluding hydrogens is 426 g/mol. The highest BCUT2D eigenvalue weighted by molar-refractivity contribution is 7.92. The highest BCUT2D eigenvalue weighted by Gasteiger charge is 2.41. The first-order valence-electron chi connectivity index (χ1n) is 11.4. The van der Waals surface area contributed by atoms with Crippen LogP contribution in [0.4, 0.5) is 0 Å². The fourth-order valence-electron chi connectivity index (χ4n) is 4.64. The Morgan fingerprint density at radius 1 is 1.12 bits per heavy atom. The van der Waals surface area contributed by atoms with Crippen molar-refractivity contribution < 1.29 is 22.6 Å². The number of likely N-dealkylation sites (tertiary alicyclic amines) is 1. The number of ether oxygens (including phenoxy) is 3. The second-order valence-corrected chi connectivity index (χ2v) is 11.2. The van der Waals surface area contributed by atoms with Crippen molar-refractivity contribution in [3.63, 3.8) is 0 Å². The van der Waals surface area contributed by atoms with Crippen LogP contribution in [-0.2, 0) is 9.84 Å². The van der Waals surface area contributed by atoms with E-state index >= 15 is 0 Å². The highest BCUT2D eigenvalue weighted by atomic mass is 32.2. The predicted octanol–water partition coefficient (Wildman–Crippen LogP) is 4.49. The lowest BCUT2D eigenvalue weighted by atomic mass is 10.0. The van der Waals surface area contributed by atoms with Crippen LogP contribution in [0.2, 0.25) is 0 Å². The number of piperidine rings is 1. The van der Waals surface area contributed by atoms with Crippen LogP contribution < -0.4 is 14.2 Å². The van der Waals surface area contributed by atoms with E-state index in [1.165, 1.54) is 33.0 Å². The molecule has 2 aromatic carbocycles. The van der Waals surface area contributed by atoms with Gasteiger partial charge in [-0.05, 0) is 68.5 Å². The summed E-state index contributed by atoms with van der Waals surface area (Å²) in [5.41, 5.74) is 0.798. The number of hydrogen-bond donors (Lipinski definition) is 0. The summed E-state index contributed by atoms with van der Waals surface area (Å²) in [6, 6.07) is 12.5. The summed E-state index contributed by atoms with van der Waals surface area (Å²) in [5.74, 6) is 2.28. The van der Waals surface area contributed by atoms with Gasteiger partial charge in [-0.3, -0.25) is 0 Å². The number of fused-ring (bicyclic) bond motifs is 1. The van der Waals surface area contributed by atoms with Crippen LogP contribution in [0.15, 0.2) is 47.4 Å². The standard InChI is InChI=1S/C25H33NO5S/c1-18-7-5-14-26(17-18)15-6-16-30-21-12-10-20(11-13-21)24-19(2)32(27,28)23-9-4-8-22(29-3)25(23)31-24/h4,8-13,18-19,24H,5-7,14-17H2,1-3H3/t18-,19-,24+/m0/s1. The molecule has 0 aromatic heterocycles. The molecule has 2 heterocycles. The zero-order valence-electron chi connectivity index (χ0n) is 19.1. The maximum absolute atomic E-state index is 13.1. The number of hydrogen-bond acceptors (Lipinski definition) is 6. The van der Waals surface area contributed by atoms with Crippen LogP contribution in [-0.4, -0.2) is 51.9 Å². The van der Waals surface area contributed by atoms with Crippen molar-refractivity contribution in [3.05, 3.63) is 48.0 Å². The second-order valence-electron chi connectivity index (χ2n) is 8.90. The number of rotatable bonds is 7. The van der Waals surface area contributed by atoms with Crippen molar-refractivity contribution in [2.75, 3.05) is 33.4 Å². The zero-order chi connectivity index (χ0) is 22.7. The molecule has 0 spiro atoms. The number of benzene rings is 2. The lowest BCUT2D eigenvalue weighted by Crippen LogP contribution is -2.35. The summed E-state index contributed by atoms with van der Waals surface area (Å²) < 4.78 is 43.6. The number of sulfone groups is 1. The molecule has 174 valence electrons. The quantitative estimate of drug-likeness (QED) is 0.569. The van der Waals surface area contributed by atoms with Crippen molar-refractivity contribution in [1.82, 2.24) is 4.90 Å². The molecule has 2 aliphatic heterocycles. The largest absolute Gasteiger partial charge is 0.494 e. The average molecular weight is 460 g/mol. The lowest BCUT2D eigenvalue weighted by Gasteiger charge is -2.32. The Bertz CT molecular complexity index is 1020. The third-order valence-electron chi connectivity index (χ3n) is 6.47. The van der Waals surface area contributed by atoms with Crippen LogP contribution in [0.3, 0.4) is 0 Å². The van der Waals surface area contributed by atoms with Gasteiger partial charge in [0.1, 0.15) is 22.0 Å². The Morgan fingerprint density at radius 3 is 2.62 bits per heavy atom. The summed E-state index contributed by atoms with van der Waals surface area (Å²) >= 11 is 0. The van der Waals surface area contributed by atoms with E-state index in [4.69, 9.17) is 14.2 Å². The summed E-state index contributed by atoms with van der Waals surface area (Å²) in [5, 5.41) is -0.708. The summed E-state index contributed by atoms with van der Waals surface area (Å²) in [7, 11) is -2.02. The van der Waals surface area contributed by atoms with E-state index in [1.807, 2.05) is 24.3 Å². The topological polar surface area (TPSA) is 65.1 Å². The molecule has 0 unspecified atom stereocenters. The molecule has 1 saturated heterocycles. The molecule has 0 saturated carbocycles. The molecule has 2 aliphatic rings. The molecule has 0 N–H and O–H groups in total. The van der Waals surface area contributed by atoms with E-state index in [0.717, 1.165) is 30.2 Å². The average Bonchev–Trinajstić information content (AvgIpc) is 2.79. The van der Waals surface area contributed by atoms with Gasteiger partial charge in [0.15, 0.2) is 21.3 Å². The minimum absolute atomic E-state index is 0.184. The molecule has 6 nitrogen and oxygen atoms in total. The minimum Gasteiger partial charge on any atom is -0.494 e. The molecule has 0 aliphatic carbocycles. The number of para-hydroxylation sites is 1. The van der Waals surface area contributed by atoms with Crippen LogP contribution in [0.5, 0.6) is 17.2 Å². The van der Waals surface area contributed by atoms with E-state index in [9.17, 15) is 8.42 Å². The Kier molecular flexibility index (Phi) is 6.96. The van der Waals surface area contributed by atoms with Crippen LogP contribution >= 0.6 is 0 Å². The molecule has 3 atom stereocenters. The van der Waals surface area contributed by atoms with Gasteiger partial charge in [0.2, 0.25) is 0 Å². The van der Waals surface area contributed by atoms with Gasteiger partial charge >= 0.3 is 0 Å². The van der Waals surface area contributed by atoms with Crippen molar-refractivity contribution in [2.24, 2.45) is 5.92 Å². The van der Waals surface area contributed by atoms with Gasteiger partial charge in [0.25, 0.3) is 0 Å². The number of nitrogens with zero attached hydrogens (tertiary/aromatic N) is 1. The number of methoxy groups -OCH3 is 1. The first-order valence-corrected chi connectivity index (χ1v) is 13.0. The van der Waals surface area contributed by atoms with Crippen LogP contribution in [0.25, 0.3) is 0 Å². The van der Waals surface area contributed by atoms with Gasteiger partial charge in [-0.25, -0.2) is 8.42 Å². The maximum Gasteiger partial charge on any atom is 0.188 e. The Labute approximate surface area is 191 Å². The van der Waals surface area contributed by atoms with Gasteiger partial charge in [0, 0.05) is 13.1 Å². The van der Waals surface area contributed by atoms with Gasteiger partial charge < -0.3 is 19.1 Å². The van der Waals surface area contributed by atoms with Crippen molar-refractivity contribution in [1.29, 1.82) is 0 Å². The van der Waals surface area contributed by atoms with Gasteiger partial charge in [-0.2, -0.15) is 0 Å². The molecule has 32 heavy (non-hydrogen) atoms. The molecule has 0 amide bonds. The molecule has 0 bridgehead atoms. The Balaban J connectivity index is 1.39. The maximum atomic E-state index is 13.1. The van der Waals surface area contributed by atoms with E-state index in [-0.39, 0.29) is 10.6 Å². The predicted molar refractivity (Wildman–Crippen MR) is 124 cm³/mol. The van der Waals surface area contributed by atoms with E-state index in [1.54, 1.807) is 25.1 Å². The fourth-order valence-corrected chi connectivity index (χ4v) is 6.26. The first-order chi connectivity index (χ1) is 15.4. The van der Waals surface area contributed by atoms with E-state index in [2.05, 4.69) is 11.8 Å². The smallest absolute Gasteiger partial charge is 0.188 e. The zero-order valence-corrected chi connectivity index (χ0v) is 19.9. The normalized spacial score (nSPS) is 24.9. The Hall–Kier alpha value is -2.25.